The van der Waals surface area contributed by atoms with E-state index in [0.29, 0.717) is 0 Å². The second kappa shape index (κ2) is 5.10. The second-order valence-electron chi connectivity index (χ2n) is 6.74. The summed E-state index contributed by atoms with van der Waals surface area (Å²) in [5.41, 5.74) is 4.65. The minimum absolute atomic E-state index is 0.781. The molecule has 23 heavy (non-hydrogen) atoms. The first-order valence-corrected chi connectivity index (χ1v) is 8.38. The van der Waals surface area contributed by atoms with Crippen LogP contribution in [0.15, 0.2) is 48.5 Å². The zero-order valence-electron chi connectivity index (χ0n) is 13.0. The van der Waals surface area contributed by atoms with Gasteiger partial charge in [-0.2, -0.15) is 0 Å². The van der Waals surface area contributed by atoms with E-state index in [1.54, 1.807) is 0 Å². The highest BCUT2D eigenvalue weighted by molar-refractivity contribution is 5.83. The summed E-state index contributed by atoms with van der Waals surface area (Å²) in [5.74, 6) is 2.59. The molecule has 0 spiro atoms. The first kappa shape index (κ1) is 13.1. The average Bonchev–Trinajstić information content (AvgIpc) is 3.28. The van der Waals surface area contributed by atoms with Crippen molar-refractivity contribution in [3.8, 4) is 11.1 Å². The molecule has 0 amide bonds. The van der Waals surface area contributed by atoms with Gasteiger partial charge < -0.3 is 15.2 Å². The van der Waals surface area contributed by atoms with Gasteiger partial charge in [-0.1, -0.05) is 36.4 Å². The van der Waals surface area contributed by atoms with Crippen LogP contribution in [-0.4, -0.2) is 36.1 Å². The number of fused-ring (bicyclic) bond motifs is 2. The highest BCUT2D eigenvalue weighted by Crippen LogP contribution is 2.31. The molecule has 2 aromatic carbocycles. The maximum Gasteiger partial charge on any atom is 0.203 e. The van der Waals surface area contributed by atoms with Crippen LogP contribution >= 0.6 is 0 Å². The number of H-pyrrole nitrogens is 1. The molecule has 4 heteroatoms. The normalized spacial score (nSPS) is 23.6. The number of benzene rings is 2. The summed E-state index contributed by atoms with van der Waals surface area (Å²) in [5, 5.41) is 3.49. The summed E-state index contributed by atoms with van der Waals surface area (Å²) in [4.78, 5) is 10.8. The van der Waals surface area contributed by atoms with Crippen molar-refractivity contribution < 1.29 is 0 Å². The van der Waals surface area contributed by atoms with Crippen molar-refractivity contribution in [1.29, 1.82) is 0 Å². The lowest BCUT2D eigenvalue weighted by Gasteiger charge is -2.15. The lowest BCUT2D eigenvalue weighted by molar-refractivity contribution is 0.533. The molecule has 0 bridgehead atoms. The fourth-order valence-electron chi connectivity index (χ4n) is 3.98. The molecule has 0 saturated carbocycles. The fourth-order valence-corrected chi connectivity index (χ4v) is 3.98. The zero-order chi connectivity index (χ0) is 15.2. The van der Waals surface area contributed by atoms with Gasteiger partial charge in [0.2, 0.25) is 5.95 Å². The van der Waals surface area contributed by atoms with Crippen molar-refractivity contribution in [2.75, 3.05) is 31.1 Å². The second-order valence-corrected chi connectivity index (χ2v) is 6.74. The minimum Gasteiger partial charge on any atom is -0.342 e. The Morgan fingerprint density at radius 1 is 0.913 bits per heavy atom. The molecule has 4 nitrogen and oxygen atoms in total. The summed E-state index contributed by atoms with van der Waals surface area (Å²) < 4.78 is 0. The van der Waals surface area contributed by atoms with Crippen LogP contribution in [-0.2, 0) is 0 Å². The molecule has 2 N–H and O–H groups in total. The number of rotatable bonds is 2. The molecule has 3 heterocycles. The Bertz CT molecular complexity index is 827. The maximum atomic E-state index is 4.81. The number of nitrogens with one attached hydrogen (secondary N) is 2. The number of aromatic amines is 1. The lowest BCUT2D eigenvalue weighted by atomic mass is 10.0. The van der Waals surface area contributed by atoms with Crippen molar-refractivity contribution in [1.82, 2.24) is 15.3 Å². The number of hydrogen-bond donors (Lipinski definition) is 2. The summed E-state index contributed by atoms with van der Waals surface area (Å²) >= 11 is 0. The smallest absolute Gasteiger partial charge is 0.203 e. The molecule has 0 unspecified atom stereocenters. The van der Waals surface area contributed by atoms with Gasteiger partial charge in [0.15, 0.2) is 0 Å². The third kappa shape index (κ3) is 2.21. The summed E-state index contributed by atoms with van der Waals surface area (Å²) in [6, 6.07) is 17.0. The molecule has 116 valence electrons. The molecule has 2 fully saturated rings. The Morgan fingerprint density at radius 2 is 1.70 bits per heavy atom. The van der Waals surface area contributed by atoms with Crippen LogP contribution in [0.1, 0.15) is 0 Å². The Kier molecular flexibility index (Phi) is 2.91. The van der Waals surface area contributed by atoms with E-state index < -0.39 is 0 Å². The SMILES string of the molecule is c1ccc(-c2ccc3nc(N4C[C@H]5CNC[C@H]5C4)[nH]c3c2)cc1. The molecule has 1 aromatic heterocycles. The van der Waals surface area contributed by atoms with Crippen molar-refractivity contribution >= 4 is 17.0 Å². The number of hydrogen-bond acceptors (Lipinski definition) is 3. The molecule has 0 aliphatic carbocycles. The number of aromatic nitrogens is 2. The number of imidazole rings is 1. The van der Waals surface area contributed by atoms with Gasteiger partial charge in [-0.05, 0) is 35.1 Å². The summed E-state index contributed by atoms with van der Waals surface area (Å²) in [6.45, 7) is 4.53. The minimum atomic E-state index is 0.781. The molecular formula is C19H20N4. The fraction of sp³-hybridized carbons (Fsp3) is 0.316. The molecule has 2 aliphatic rings. The molecular weight excluding hydrogens is 284 g/mol. The van der Waals surface area contributed by atoms with Crippen molar-refractivity contribution in [3.63, 3.8) is 0 Å². The van der Waals surface area contributed by atoms with E-state index >= 15 is 0 Å². The lowest BCUT2D eigenvalue weighted by Crippen LogP contribution is -2.26. The van der Waals surface area contributed by atoms with Gasteiger partial charge in [0, 0.05) is 26.2 Å². The predicted octanol–water partition coefficient (Wildman–Crippen LogP) is 2.89. The van der Waals surface area contributed by atoms with Gasteiger partial charge in [0.25, 0.3) is 0 Å². The van der Waals surface area contributed by atoms with Crippen molar-refractivity contribution in [3.05, 3.63) is 48.5 Å². The Balaban J connectivity index is 1.48. The van der Waals surface area contributed by atoms with E-state index in [0.717, 1.165) is 55.0 Å². The van der Waals surface area contributed by atoms with Crippen molar-refractivity contribution in [2.45, 2.75) is 0 Å². The van der Waals surface area contributed by atoms with E-state index in [9.17, 15) is 0 Å². The van der Waals surface area contributed by atoms with Crippen LogP contribution in [0.3, 0.4) is 0 Å². The maximum absolute atomic E-state index is 4.81. The van der Waals surface area contributed by atoms with Crippen LogP contribution in [0.25, 0.3) is 22.2 Å². The summed E-state index contributed by atoms with van der Waals surface area (Å²) in [7, 11) is 0. The van der Waals surface area contributed by atoms with E-state index in [4.69, 9.17) is 4.98 Å². The molecule has 2 aliphatic heterocycles. The van der Waals surface area contributed by atoms with E-state index in [1.807, 2.05) is 0 Å². The van der Waals surface area contributed by atoms with Crippen LogP contribution in [0.5, 0.6) is 0 Å². The molecule has 2 saturated heterocycles. The first-order chi connectivity index (χ1) is 11.4. The Labute approximate surface area is 135 Å². The zero-order valence-corrected chi connectivity index (χ0v) is 13.0. The Hall–Kier alpha value is -2.33. The van der Waals surface area contributed by atoms with Gasteiger partial charge in [-0.3, -0.25) is 0 Å². The highest BCUT2D eigenvalue weighted by atomic mass is 15.3. The third-order valence-corrected chi connectivity index (χ3v) is 5.27. The third-order valence-electron chi connectivity index (χ3n) is 5.27. The van der Waals surface area contributed by atoms with E-state index in [-0.39, 0.29) is 0 Å². The largest absolute Gasteiger partial charge is 0.342 e. The topological polar surface area (TPSA) is 44.0 Å². The van der Waals surface area contributed by atoms with Gasteiger partial charge in [0.05, 0.1) is 11.0 Å². The van der Waals surface area contributed by atoms with Crippen LogP contribution in [0.2, 0.25) is 0 Å². The predicted molar refractivity (Wildman–Crippen MR) is 93.6 cm³/mol. The quantitative estimate of drug-likeness (QED) is 0.765. The Morgan fingerprint density at radius 3 is 2.48 bits per heavy atom. The van der Waals surface area contributed by atoms with Crippen LogP contribution < -0.4 is 10.2 Å². The molecule has 0 radical (unpaired) electrons. The number of anilines is 1. The highest BCUT2D eigenvalue weighted by Gasteiger charge is 2.37. The average molecular weight is 304 g/mol. The van der Waals surface area contributed by atoms with E-state index in [2.05, 4.69) is 63.7 Å². The molecule has 5 rings (SSSR count). The van der Waals surface area contributed by atoms with E-state index in [1.165, 1.54) is 11.1 Å². The van der Waals surface area contributed by atoms with Gasteiger partial charge in [-0.15, -0.1) is 0 Å². The van der Waals surface area contributed by atoms with Gasteiger partial charge in [0.1, 0.15) is 0 Å². The monoisotopic (exact) mass is 304 g/mol. The van der Waals surface area contributed by atoms with Gasteiger partial charge in [-0.25, -0.2) is 4.98 Å². The van der Waals surface area contributed by atoms with Crippen LogP contribution in [0.4, 0.5) is 5.95 Å². The first-order valence-electron chi connectivity index (χ1n) is 8.38. The standard InChI is InChI=1S/C19H20N4/c1-2-4-13(5-3-1)14-6-7-17-18(8-14)22-19(21-17)23-11-15-9-20-10-16(15)12-23/h1-8,15-16,20H,9-12H2,(H,21,22)/t15-,16+. The molecule has 3 aromatic rings. The van der Waals surface area contributed by atoms with Gasteiger partial charge >= 0.3 is 0 Å². The summed E-state index contributed by atoms with van der Waals surface area (Å²) in [6.07, 6.45) is 0. The number of nitrogens with zero attached hydrogens (tertiary/aromatic N) is 2. The van der Waals surface area contributed by atoms with Crippen LogP contribution in [0, 0.1) is 11.8 Å². The van der Waals surface area contributed by atoms with Crippen molar-refractivity contribution in [2.24, 2.45) is 11.8 Å². The molecule has 2 atom stereocenters.